The molecule has 7 atom stereocenters. The minimum absolute atomic E-state index is 0.0338. The van der Waals surface area contributed by atoms with E-state index in [2.05, 4.69) is 0 Å². The molecule has 3 aliphatic carbocycles. The molecule has 7 unspecified atom stereocenters. The third-order valence-electron chi connectivity index (χ3n) is 5.29. The summed E-state index contributed by atoms with van der Waals surface area (Å²) in [5, 5.41) is 19.1. The van der Waals surface area contributed by atoms with Crippen LogP contribution in [0.4, 0.5) is 22.0 Å². The topological polar surface area (TPSA) is 40.5 Å². The first-order valence-electron chi connectivity index (χ1n) is 6.63. The largest absolute Gasteiger partial charge is 0.451 e. The normalized spacial score (nSPS) is 50.0. The van der Waals surface area contributed by atoms with Crippen LogP contribution in [0.1, 0.15) is 19.3 Å². The third kappa shape index (κ3) is 1.56. The van der Waals surface area contributed by atoms with E-state index in [1.165, 1.54) is 0 Å². The van der Waals surface area contributed by atoms with Crippen LogP contribution in [-0.4, -0.2) is 34.0 Å². The summed E-state index contributed by atoms with van der Waals surface area (Å²) >= 11 is 0. The van der Waals surface area contributed by atoms with Gasteiger partial charge < -0.3 is 10.2 Å². The zero-order chi connectivity index (χ0) is 14.9. The molecule has 0 aromatic rings. The first-order valence-corrected chi connectivity index (χ1v) is 6.63. The van der Waals surface area contributed by atoms with Crippen molar-refractivity contribution >= 4 is 0 Å². The van der Waals surface area contributed by atoms with E-state index in [-0.39, 0.29) is 24.2 Å². The van der Waals surface area contributed by atoms with E-state index in [9.17, 15) is 27.1 Å². The Bertz CT molecular complexity index is 447. The average Bonchev–Trinajstić information content (AvgIpc) is 2.93. The van der Waals surface area contributed by atoms with Crippen molar-refractivity contribution in [3.05, 3.63) is 12.2 Å². The predicted molar refractivity (Wildman–Crippen MR) is 58.9 cm³/mol. The lowest BCUT2D eigenvalue weighted by Gasteiger charge is -2.48. The molecule has 20 heavy (non-hydrogen) atoms. The Kier molecular flexibility index (Phi) is 2.81. The number of hydrogen-bond donors (Lipinski definition) is 2. The molecule has 2 nitrogen and oxygen atoms in total. The van der Waals surface area contributed by atoms with Crippen molar-refractivity contribution in [3.63, 3.8) is 0 Å². The summed E-state index contributed by atoms with van der Waals surface area (Å²) in [6.45, 7) is 0. The maximum absolute atomic E-state index is 14.6. The van der Waals surface area contributed by atoms with Crippen LogP contribution in [0.3, 0.4) is 0 Å². The lowest BCUT2D eigenvalue weighted by Crippen LogP contribution is -2.67. The van der Waals surface area contributed by atoms with Gasteiger partial charge >= 0.3 is 12.0 Å². The van der Waals surface area contributed by atoms with Gasteiger partial charge in [-0.3, -0.25) is 0 Å². The molecular formula is C13H15F5O2. The maximum atomic E-state index is 14.6. The Balaban J connectivity index is 1.95. The highest BCUT2D eigenvalue weighted by molar-refractivity contribution is 5.20. The molecule has 3 rings (SSSR count). The number of allylic oxidation sites excluding steroid dienone is 2. The van der Waals surface area contributed by atoms with E-state index >= 15 is 0 Å². The number of aliphatic hydroxyl groups is 2. The van der Waals surface area contributed by atoms with Gasteiger partial charge in [-0.15, -0.1) is 0 Å². The molecule has 2 fully saturated rings. The van der Waals surface area contributed by atoms with Crippen LogP contribution in [0.25, 0.3) is 0 Å². The number of hydrogen-bond acceptors (Lipinski definition) is 2. The number of fused-ring (bicyclic) bond motifs is 5. The molecule has 114 valence electrons. The van der Waals surface area contributed by atoms with Gasteiger partial charge in [-0.25, -0.2) is 4.39 Å². The van der Waals surface area contributed by atoms with Crippen molar-refractivity contribution in [2.45, 2.75) is 43.1 Å². The summed E-state index contributed by atoms with van der Waals surface area (Å²) in [4.78, 5) is 0. The van der Waals surface area contributed by atoms with Crippen molar-refractivity contribution in [2.75, 3.05) is 0 Å². The van der Waals surface area contributed by atoms with Gasteiger partial charge in [-0.05, 0) is 42.9 Å². The molecule has 0 aliphatic heterocycles. The fourth-order valence-electron chi connectivity index (χ4n) is 4.26. The van der Waals surface area contributed by atoms with Gasteiger partial charge in [0.15, 0.2) is 0 Å². The predicted octanol–water partition coefficient (Wildman–Crippen LogP) is 2.51. The monoisotopic (exact) mass is 298 g/mol. The molecule has 2 bridgehead atoms. The molecule has 2 N–H and O–H groups in total. The molecule has 3 aliphatic rings. The number of aliphatic hydroxyl groups excluding tert-OH is 1. The van der Waals surface area contributed by atoms with E-state index in [1.807, 2.05) is 6.08 Å². The fraction of sp³-hybridized carbons (Fsp3) is 0.846. The molecule has 0 aromatic carbocycles. The summed E-state index contributed by atoms with van der Waals surface area (Å²) in [6, 6.07) is 0. The molecule has 0 aromatic heterocycles. The van der Waals surface area contributed by atoms with Crippen molar-refractivity contribution in [1.82, 2.24) is 0 Å². The average molecular weight is 298 g/mol. The van der Waals surface area contributed by atoms with E-state index in [4.69, 9.17) is 5.11 Å². The second kappa shape index (κ2) is 3.94. The zero-order valence-corrected chi connectivity index (χ0v) is 10.4. The minimum atomic E-state index is -5.77. The van der Waals surface area contributed by atoms with E-state index in [1.54, 1.807) is 6.08 Å². The van der Waals surface area contributed by atoms with Gasteiger partial charge in [0.2, 0.25) is 5.67 Å². The molecule has 0 amide bonds. The Morgan fingerprint density at radius 1 is 1.10 bits per heavy atom. The molecule has 0 radical (unpaired) electrons. The van der Waals surface area contributed by atoms with E-state index in [0.29, 0.717) is 6.42 Å². The van der Waals surface area contributed by atoms with Crippen LogP contribution in [0.15, 0.2) is 12.2 Å². The van der Waals surface area contributed by atoms with Crippen LogP contribution in [0.2, 0.25) is 0 Å². The molecule has 0 saturated heterocycles. The highest BCUT2D eigenvalue weighted by Gasteiger charge is 2.74. The Labute approximate surface area is 112 Å². The standard InChI is InChI=1S/C13H15F5O2/c14-11(12(15,20)13(16,17)18)4-3-8-6-1-2-7(5-6)9(8)10(11)19/h1-2,6-10,19-20H,3-5H2. The number of alkyl halides is 5. The summed E-state index contributed by atoms with van der Waals surface area (Å²) in [5.74, 6) is -6.04. The highest BCUT2D eigenvalue weighted by atomic mass is 19.4. The lowest BCUT2D eigenvalue weighted by molar-refractivity contribution is -0.380. The lowest BCUT2D eigenvalue weighted by atomic mass is 9.64. The summed E-state index contributed by atoms with van der Waals surface area (Å²) < 4.78 is 66.0. The first-order chi connectivity index (χ1) is 9.09. The third-order valence-corrected chi connectivity index (χ3v) is 5.29. The van der Waals surface area contributed by atoms with E-state index < -0.39 is 36.1 Å². The van der Waals surface area contributed by atoms with Crippen LogP contribution in [-0.2, 0) is 0 Å². The maximum Gasteiger partial charge on any atom is 0.451 e. The van der Waals surface area contributed by atoms with Gasteiger partial charge in [-0.1, -0.05) is 12.2 Å². The van der Waals surface area contributed by atoms with Crippen molar-refractivity contribution in [1.29, 1.82) is 0 Å². The quantitative estimate of drug-likeness (QED) is 0.577. The van der Waals surface area contributed by atoms with Crippen molar-refractivity contribution in [3.8, 4) is 0 Å². The Hall–Kier alpha value is -0.690. The van der Waals surface area contributed by atoms with Crippen molar-refractivity contribution in [2.24, 2.45) is 23.7 Å². The van der Waals surface area contributed by atoms with Crippen molar-refractivity contribution < 1.29 is 32.2 Å². The minimum Gasteiger partial charge on any atom is -0.389 e. The SMILES string of the molecule is OC1C2C3C=CC(C3)C2CCC1(F)C(O)(F)C(F)(F)F. The van der Waals surface area contributed by atoms with Gasteiger partial charge in [0.05, 0.1) is 6.10 Å². The smallest absolute Gasteiger partial charge is 0.389 e. The van der Waals surface area contributed by atoms with Gasteiger partial charge in [0.1, 0.15) is 0 Å². The zero-order valence-electron chi connectivity index (χ0n) is 10.4. The molecule has 2 saturated carbocycles. The van der Waals surface area contributed by atoms with Crippen LogP contribution in [0.5, 0.6) is 0 Å². The van der Waals surface area contributed by atoms with Gasteiger partial charge in [0.25, 0.3) is 0 Å². The van der Waals surface area contributed by atoms with E-state index in [0.717, 1.165) is 0 Å². The second-order valence-corrected chi connectivity index (χ2v) is 6.16. The fourth-order valence-corrected chi connectivity index (χ4v) is 4.26. The number of halogens is 5. The molecular weight excluding hydrogens is 283 g/mol. The Morgan fingerprint density at radius 3 is 2.30 bits per heavy atom. The number of rotatable bonds is 1. The highest BCUT2D eigenvalue weighted by Crippen LogP contribution is 2.60. The second-order valence-electron chi connectivity index (χ2n) is 6.16. The van der Waals surface area contributed by atoms with Gasteiger partial charge in [0, 0.05) is 0 Å². The first kappa shape index (κ1) is 14.3. The van der Waals surface area contributed by atoms with Crippen LogP contribution < -0.4 is 0 Å². The van der Waals surface area contributed by atoms with Crippen LogP contribution >= 0.6 is 0 Å². The molecule has 7 heteroatoms. The van der Waals surface area contributed by atoms with Crippen LogP contribution in [0, 0.1) is 23.7 Å². The summed E-state index contributed by atoms with van der Waals surface area (Å²) in [5.41, 5.74) is -3.70. The Morgan fingerprint density at radius 2 is 1.70 bits per heavy atom. The summed E-state index contributed by atoms with van der Waals surface area (Å²) in [7, 11) is 0. The summed E-state index contributed by atoms with van der Waals surface area (Å²) in [6.07, 6.45) is -4.41. The van der Waals surface area contributed by atoms with Gasteiger partial charge in [-0.2, -0.15) is 17.6 Å². The molecule has 0 heterocycles. The molecule has 0 spiro atoms.